The SMILES string of the molecule is CC(NCCOC1CCCC1)C1CCCC1. The molecule has 0 spiro atoms. The van der Waals surface area contributed by atoms with E-state index in [1.165, 1.54) is 51.4 Å². The van der Waals surface area contributed by atoms with Crippen molar-refractivity contribution in [3.05, 3.63) is 0 Å². The molecular formula is C14H27NO. The van der Waals surface area contributed by atoms with E-state index >= 15 is 0 Å². The van der Waals surface area contributed by atoms with Gasteiger partial charge in [-0.25, -0.2) is 0 Å². The lowest BCUT2D eigenvalue weighted by Gasteiger charge is -2.21. The molecule has 0 aromatic heterocycles. The van der Waals surface area contributed by atoms with Crippen molar-refractivity contribution in [1.82, 2.24) is 5.32 Å². The Morgan fingerprint density at radius 2 is 1.69 bits per heavy atom. The van der Waals surface area contributed by atoms with Crippen LogP contribution in [0.2, 0.25) is 0 Å². The number of nitrogens with one attached hydrogen (secondary N) is 1. The molecule has 0 radical (unpaired) electrons. The van der Waals surface area contributed by atoms with Gasteiger partial charge in [0, 0.05) is 12.6 Å². The zero-order valence-corrected chi connectivity index (χ0v) is 10.7. The molecule has 0 aromatic rings. The summed E-state index contributed by atoms with van der Waals surface area (Å²) in [5.74, 6) is 0.923. The van der Waals surface area contributed by atoms with E-state index in [1.807, 2.05) is 0 Å². The zero-order chi connectivity index (χ0) is 11.2. The predicted molar refractivity (Wildman–Crippen MR) is 67.6 cm³/mol. The molecule has 2 aliphatic carbocycles. The van der Waals surface area contributed by atoms with Gasteiger partial charge in [-0.15, -0.1) is 0 Å². The summed E-state index contributed by atoms with van der Waals surface area (Å²) in [6.45, 7) is 4.28. The van der Waals surface area contributed by atoms with Crippen molar-refractivity contribution in [3.8, 4) is 0 Å². The zero-order valence-electron chi connectivity index (χ0n) is 10.7. The van der Waals surface area contributed by atoms with Crippen molar-refractivity contribution in [2.45, 2.75) is 70.4 Å². The molecule has 0 bridgehead atoms. The first-order chi connectivity index (χ1) is 7.86. The lowest BCUT2D eigenvalue weighted by atomic mass is 10.00. The van der Waals surface area contributed by atoms with Gasteiger partial charge in [0.2, 0.25) is 0 Å². The quantitative estimate of drug-likeness (QED) is 0.701. The molecule has 2 rings (SSSR count). The van der Waals surface area contributed by atoms with Crippen molar-refractivity contribution in [2.75, 3.05) is 13.2 Å². The van der Waals surface area contributed by atoms with Gasteiger partial charge in [0.05, 0.1) is 12.7 Å². The number of hydrogen-bond donors (Lipinski definition) is 1. The minimum Gasteiger partial charge on any atom is -0.377 e. The first-order valence-corrected chi connectivity index (χ1v) is 7.21. The average molecular weight is 225 g/mol. The van der Waals surface area contributed by atoms with Crippen LogP contribution in [0.25, 0.3) is 0 Å². The molecule has 2 saturated carbocycles. The minimum atomic E-state index is 0.573. The molecule has 16 heavy (non-hydrogen) atoms. The first kappa shape index (κ1) is 12.4. The monoisotopic (exact) mass is 225 g/mol. The van der Waals surface area contributed by atoms with Gasteiger partial charge < -0.3 is 10.1 Å². The lowest BCUT2D eigenvalue weighted by Crippen LogP contribution is -2.35. The van der Waals surface area contributed by atoms with Crippen LogP contribution < -0.4 is 5.32 Å². The summed E-state index contributed by atoms with van der Waals surface area (Å²) < 4.78 is 5.85. The van der Waals surface area contributed by atoms with E-state index in [2.05, 4.69) is 12.2 Å². The maximum Gasteiger partial charge on any atom is 0.0594 e. The first-order valence-electron chi connectivity index (χ1n) is 7.21. The van der Waals surface area contributed by atoms with E-state index < -0.39 is 0 Å². The van der Waals surface area contributed by atoms with Crippen LogP contribution >= 0.6 is 0 Å². The summed E-state index contributed by atoms with van der Waals surface area (Å²) in [6, 6.07) is 0.690. The highest BCUT2D eigenvalue weighted by Crippen LogP contribution is 2.27. The van der Waals surface area contributed by atoms with E-state index in [4.69, 9.17) is 4.74 Å². The molecule has 1 N–H and O–H groups in total. The molecule has 0 heterocycles. The third kappa shape index (κ3) is 3.74. The average Bonchev–Trinajstić information content (AvgIpc) is 2.96. The van der Waals surface area contributed by atoms with Gasteiger partial charge in [-0.1, -0.05) is 25.7 Å². The summed E-state index contributed by atoms with van der Waals surface area (Å²) in [7, 11) is 0. The van der Waals surface area contributed by atoms with Crippen molar-refractivity contribution in [2.24, 2.45) is 5.92 Å². The normalized spacial score (nSPS) is 25.3. The molecular weight excluding hydrogens is 198 g/mol. The second kappa shape index (κ2) is 6.61. The van der Waals surface area contributed by atoms with Gasteiger partial charge in [-0.3, -0.25) is 0 Å². The second-order valence-electron chi connectivity index (χ2n) is 5.56. The second-order valence-corrected chi connectivity index (χ2v) is 5.56. The van der Waals surface area contributed by atoms with Crippen molar-refractivity contribution in [1.29, 1.82) is 0 Å². The Morgan fingerprint density at radius 3 is 2.38 bits per heavy atom. The van der Waals surface area contributed by atoms with Gasteiger partial charge in [0.15, 0.2) is 0 Å². The Hall–Kier alpha value is -0.0800. The van der Waals surface area contributed by atoms with Gasteiger partial charge in [-0.05, 0) is 38.5 Å². The van der Waals surface area contributed by atoms with Crippen molar-refractivity contribution < 1.29 is 4.74 Å². The highest BCUT2D eigenvalue weighted by Gasteiger charge is 2.21. The van der Waals surface area contributed by atoms with Crippen LogP contribution in [0.5, 0.6) is 0 Å². The maximum atomic E-state index is 5.85. The van der Waals surface area contributed by atoms with E-state index in [0.717, 1.165) is 19.1 Å². The highest BCUT2D eigenvalue weighted by atomic mass is 16.5. The van der Waals surface area contributed by atoms with Gasteiger partial charge in [0.25, 0.3) is 0 Å². The summed E-state index contributed by atoms with van der Waals surface area (Å²) in [5, 5.41) is 3.62. The van der Waals surface area contributed by atoms with E-state index in [-0.39, 0.29) is 0 Å². The topological polar surface area (TPSA) is 21.3 Å². The van der Waals surface area contributed by atoms with E-state index in [0.29, 0.717) is 12.1 Å². The molecule has 0 saturated heterocycles. The van der Waals surface area contributed by atoms with Crippen LogP contribution in [0.3, 0.4) is 0 Å². The molecule has 1 unspecified atom stereocenters. The molecule has 0 aliphatic heterocycles. The predicted octanol–water partition coefficient (Wildman–Crippen LogP) is 3.11. The van der Waals surface area contributed by atoms with Crippen LogP contribution in [0.15, 0.2) is 0 Å². The Bertz CT molecular complexity index is 183. The Kier molecular flexibility index (Phi) is 5.11. The van der Waals surface area contributed by atoms with Crippen LogP contribution in [-0.4, -0.2) is 25.3 Å². The third-order valence-electron chi connectivity index (χ3n) is 4.33. The molecule has 0 aromatic carbocycles. The van der Waals surface area contributed by atoms with Crippen molar-refractivity contribution in [3.63, 3.8) is 0 Å². The summed E-state index contributed by atoms with van der Waals surface area (Å²) >= 11 is 0. The fraction of sp³-hybridized carbons (Fsp3) is 1.00. The van der Waals surface area contributed by atoms with E-state index in [1.54, 1.807) is 0 Å². The molecule has 2 heteroatoms. The lowest BCUT2D eigenvalue weighted by molar-refractivity contribution is 0.0584. The Morgan fingerprint density at radius 1 is 1.06 bits per heavy atom. The standard InChI is InChI=1S/C14H27NO/c1-12(13-6-2-3-7-13)15-10-11-16-14-8-4-5-9-14/h12-15H,2-11H2,1H3. The van der Waals surface area contributed by atoms with E-state index in [9.17, 15) is 0 Å². The molecule has 94 valence electrons. The Labute approximate surface area is 100 Å². The van der Waals surface area contributed by atoms with Gasteiger partial charge >= 0.3 is 0 Å². The third-order valence-corrected chi connectivity index (χ3v) is 4.33. The number of rotatable bonds is 6. The number of ether oxygens (including phenoxy) is 1. The molecule has 2 aliphatic rings. The molecule has 2 fully saturated rings. The van der Waals surface area contributed by atoms with Crippen LogP contribution in [-0.2, 0) is 4.74 Å². The van der Waals surface area contributed by atoms with Gasteiger partial charge in [0.1, 0.15) is 0 Å². The molecule has 1 atom stereocenters. The fourth-order valence-electron chi connectivity index (χ4n) is 3.19. The van der Waals surface area contributed by atoms with Crippen molar-refractivity contribution >= 4 is 0 Å². The maximum absolute atomic E-state index is 5.85. The Balaban J connectivity index is 1.50. The largest absolute Gasteiger partial charge is 0.377 e. The highest BCUT2D eigenvalue weighted by molar-refractivity contribution is 4.77. The smallest absolute Gasteiger partial charge is 0.0594 e. The van der Waals surface area contributed by atoms with Gasteiger partial charge in [-0.2, -0.15) is 0 Å². The minimum absolute atomic E-state index is 0.573. The van der Waals surface area contributed by atoms with Crippen LogP contribution in [0, 0.1) is 5.92 Å². The summed E-state index contributed by atoms with van der Waals surface area (Å²) in [4.78, 5) is 0. The number of hydrogen-bond acceptors (Lipinski definition) is 2. The van der Waals surface area contributed by atoms with Crippen LogP contribution in [0.4, 0.5) is 0 Å². The summed E-state index contributed by atoms with van der Waals surface area (Å²) in [5.41, 5.74) is 0. The van der Waals surface area contributed by atoms with Crippen LogP contribution in [0.1, 0.15) is 58.3 Å². The fourth-order valence-corrected chi connectivity index (χ4v) is 3.19. The molecule has 2 nitrogen and oxygen atoms in total. The summed E-state index contributed by atoms with van der Waals surface area (Å²) in [6.07, 6.45) is 11.6. The molecule has 0 amide bonds.